The number of carbonyl (C=O) groups is 1. The van der Waals surface area contributed by atoms with Crippen LogP contribution in [0.4, 0.5) is 13.2 Å². The van der Waals surface area contributed by atoms with Crippen LogP contribution in [0, 0.1) is 0 Å². The van der Waals surface area contributed by atoms with E-state index in [9.17, 15) is 18.0 Å². The molecule has 1 aliphatic heterocycles. The fourth-order valence-electron chi connectivity index (χ4n) is 3.36. The monoisotopic (exact) mass is 395 g/mol. The summed E-state index contributed by atoms with van der Waals surface area (Å²) in [7, 11) is 2.03. The van der Waals surface area contributed by atoms with E-state index < -0.39 is 11.7 Å². The zero-order chi connectivity index (χ0) is 20.5. The van der Waals surface area contributed by atoms with Gasteiger partial charge >= 0.3 is 6.18 Å². The Morgan fingerprint density at radius 3 is 2.46 bits per heavy atom. The Bertz CT molecular complexity index is 829. The average molecular weight is 395 g/mol. The van der Waals surface area contributed by atoms with E-state index in [-0.39, 0.29) is 17.6 Å². The molecule has 28 heavy (non-hydrogen) atoms. The molecule has 2 aromatic rings. The van der Waals surface area contributed by atoms with Gasteiger partial charge in [-0.05, 0) is 38.1 Å². The lowest BCUT2D eigenvalue weighted by molar-refractivity contribution is -0.137. The fraction of sp³-hybridized carbons (Fsp3) is 0.526. The largest absolute Gasteiger partial charge is 0.417 e. The van der Waals surface area contributed by atoms with Gasteiger partial charge in [0.1, 0.15) is 0 Å². The van der Waals surface area contributed by atoms with E-state index in [0.717, 1.165) is 31.8 Å². The third-order valence-corrected chi connectivity index (χ3v) is 4.88. The summed E-state index contributed by atoms with van der Waals surface area (Å²) in [6.45, 7) is 6.89. The Morgan fingerprint density at radius 2 is 1.86 bits per heavy atom. The number of rotatable bonds is 3. The van der Waals surface area contributed by atoms with Crippen LogP contribution >= 0.6 is 0 Å². The minimum Gasteiger partial charge on any atom is -0.337 e. The zero-order valence-corrected chi connectivity index (χ0v) is 16.2. The summed E-state index contributed by atoms with van der Waals surface area (Å²) < 4.78 is 39.8. The Kier molecular flexibility index (Phi) is 5.74. The fourth-order valence-corrected chi connectivity index (χ4v) is 3.36. The molecule has 3 heterocycles. The molecule has 0 atom stereocenters. The Hall–Kier alpha value is -2.42. The first-order valence-electron chi connectivity index (χ1n) is 9.28. The van der Waals surface area contributed by atoms with Gasteiger partial charge < -0.3 is 9.80 Å². The number of alkyl halides is 3. The number of aromatic nitrogens is 3. The summed E-state index contributed by atoms with van der Waals surface area (Å²) in [4.78, 5) is 21.0. The lowest BCUT2D eigenvalue weighted by atomic mass is 10.0. The second kappa shape index (κ2) is 7.90. The van der Waals surface area contributed by atoms with Gasteiger partial charge in [-0.15, -0.1) is 0 Å². The SMILES string of the molecule is CC(C)c1c(C(=O)N2CCCN(C)CC2)cnn1-c1ccc(C(F)(F)F)cn1. The first-order chi connectivity index (χ1) is 13.2. The van der Waals surface area contributed by atoms with E-state index in [2.05, 4.69) is 15.0 Å². The van der Waals surface area contributed by atoms with Crippen molar-refractivity contribution in [3.8, 4) is 5.82 Å². The molecule has 2 aromatic heterocycles. The second-order valence-corrected chi connectivity index (χ2v) is 7.36. The maximum Gasteiger partial charge on any atom is 0.417 e. The van der Waals surface area contributed by atoms with Crippen molar-refractivity contribution in [2.75, 3.05) is 33.2 Å². The number of hydrogen-bond donors (Lipinski definition) is 0. The Morgan fingerprint density at radius 1 is 1.11 bits per heavy atom. The lowest BCUT2D eigenvalue weighted by Gasteiger charge is -2.21. The Balaban J connectivity index is 1.93. The summed E-state index contributed by atoms with van der Waals surface area (Å²) in [6, 6.07) is 2.25. The zero-order valence-electron chi connectivity index (χ0n) is 16.2. The molecule has 1 aliphatic rings. The van der Waals surface area contributed by atoms with Gasteiger partial charge in [0.25, 0.3) is 5.91 Å². The molecule has 1 amide bonds. The van der Waals surface area contributed by atoms with Crippen molar-refractivity contribution in [3.63, 3.8) is 0 Å². The van der Waals surface area contributed by atoms with Gasteiger partial charge in [-0.3, -0.25) is 4.79 Å². The highest BCUT2D eigenvalue weighted by molar-refractivity contribution is 5.95. The van der Waals surface area contributed by atoms with Gasteiger partial charge in [-0.25, -0.2) is 9.67 Å². The summed E-state index contributed by atoms with van der Waals surface area (Å²) in [6.07, 6.45) is -1.27. The predicted octanol–water partition coefficient (Wildman–Crippen LogP) is 3.19. The average Bonchev–Trinajstić information content (AvgIpc) is 2.97. The summed E-state index contributed by atoms with van der Waals surface area (Å²) in [5.41, 5.74) is 0.301. The van der Waals surface area contributed by atoms with Crippen LogP contribution < -0.4 is 0 Å². The van der Waals surface area contributed by atoms with E-state index >= 15 is 0 Å². The van der Waals surface area contributed by atoms with E-state index in [1.165, 1.54) is 16.9 Å². The first kappa shape index (κ1) is 20.3. The first-order valence-corrected chi connectivity index (χ1v) is 9.28. The molecule has 1 saturated heterocycles. The smallest absolute Gasteiger partial charge is 0.337 e. The van der Waals surface area contributed by atoms with Crippen molar-refractivity contribution < 1.29 is 18.0 Å². The van der Waals surface area contributed by atoms with Gasteiger partial charge in [0.05, 0.1) is 23.0 Å². The van der Waals surface area contributed by atoms with E-state index in [1.807, 2.05) is 25.8 Å². The van der Waals surface area contributed by atoms with Crippen LogP contribution in [-0.2, 0) is 6.18 Å². The second-order valence-electron chi connectivity index (χ2n) is 7.36. The van der Waals surface area contributed by atoms with Crippen LogP contribution in [0.25, 0.3) is 5.82 Å². The van der Waals surface area contributed by atoms with Crippen molar-refractivity contribution in [1.82, 2.24) is 24.6 Å². The molecule has 0 N–H and O–H groups in total. The minimum absolute atomic E-state index is 0.0554. The van der Waals surface area contributed by atoms with Crippen LogP contribution in [0.5, 0.6) is 0 Å². The molecule has 3 rings (SSSR count). The molecule has 9 heteroatoms. The topological polar surface area (TPSA) is 54.3 Å². The maximum atomic E-state index is 13.1. The number of hydrogen-bond acceptors (Lipinski definition) is 4. The number of halogens is 3. The van der Waals surface area contributed by atoms with Gasteiger partial charge in [0.15, 0.2) is 5.82 Å². The minimum atomic E-state index is -4.45. The van der Waals surface area contributed by atoms with E-state index in [0.29, 0.717) is 24.3 Å². The van der Waals surface area contributed by atoms with Crippen LogP contribution in [0.2, 0.25) is 0 Å². The lowest BCUT2D eigenvalue weighted by Crippen LogP contribution is -2.35. The predicted molar refractivity (Wildman–Crippen MR) is 98.5 cm³/mol. The van der Waals surface area contributed by atoms with E-state index in [1.54, 1.807) is 0 Å². The number of amides is 1. The van der Waals surface area contributed by atoms with Crippen molar-refractivity contribution in [2.45, 2.75) is 32.4 Å². The molecule has 0 radical (unpaired) electrons. The van der Waals surface area contributed by atoms with Gasteiger partial charge in [-0.2, -0.15) is 18.3 Å². The van der Waals surface area contributed by atoms with Gasteiger partial charge in [0, 0.05) is 25.8 Å². The Labute approximate surface area is 162 Å². The van der Waals surface area contributed by atoms with Crippen molar-refractivity contribution in [3.05, 3.63) is 41.3 Å². The molecule has 152 valence electrons. The number of nitrogens with zero attached hydrogens (tertiary/aromatic N) is 5. The van der Waals surface area contributed by atoms with Crippen LogP contribution in [-0.4, -0.2) is 63.7 Å². The quantitative estimate of drug-likeness (QED) is 0.801. The number of likely N-dealkylation sites (N-methyl/N-ethyl adjacent to an activating group) is 1. The summed E-state index contributed by atoms with van der Waals surface area (Å²) >= 11 is 0. The molecule has 0 aliphatic carbocycles. The maximum absolute atomic E-state index is 13.1. The highest BCUT2D eigenvalue weighted by Crippen LogP contribution is 2.29. The van der Waals surface area contributed by atoms with Crippen LogP contribution in [0.15, 0.2) is 24.5 Å². The molecule has 1 fully saturated rings. The third-order valence-electron chi connectivity index (χ3n) is 4.88. The van der Waals surface area contributed by atoms with Crippen LogP contribution in [0.1, 0.15) is 47.8 Å². The summed E-state index contributed by atoms with van der Waals surface area (Å²) in [5, 5.41) is 4.27. The normalized spacial score (nSPS) is 16.5. The molecule has 0 aromatic carbocycles. The molecule has 0 saturated carbocycles. The molecule has 0 bridgehead atoms. The van der Waals surface area contributed by atoms with Crippen molar-refractivity contribution in [2.24, 2.45) is 0 Å². The third kappa shape index (κ3) is 4.19. The van der Waals surface area contributed by atoms with Gasteiger partial charge in [0.2, 0.25) is 0 Å². The summed E-state index contributed by atoms with van der Waals surface area (Å²) in [5.74, 6) is 0.101. The molecular weight excluding hydrogens is 371 g/mol. The number of carbonyl (C=O) groups excluding carboxylic acids is 1. The standard InChI is InChI=1S/C19H24F3N5O/c1-13(2)17-15(18(28)26-8-4-7-25(3)9-10-26)12-24-27(17)16-6-5-14(11-23-16)19(20,21)22/h5-6,11-13H,4,7-10H2,1-3H3. The van der Waals surface area contributed by atoms with Crippen molar-refractivity contribution >= 4 is 5.91 Å². The molecular formula is C19H24F3N5O. The highest BCUT2D eigenvalue weighted by atomic mass is 19.4. The van der Waals surface area contributed by atoms with Gasteiger partial charge in [-0.1, -0.05) is 13.8 Å². The molecule has 0 unspecified atom stereocenters. The highest BCUT2D eigenvalue weighted by Gasteiger charge is 2.31. The van der Waals surface area contributed by atoms with E-state index in [4.69, 9.17) is 0 Å². The molecule has 0 spiro atoms. The van der Waals surface area contributed by atoms with Crippen LogP contribution in [0.3, 0.4) is 0 Å². The number of pyridine rings is 1. The van der Waals surface area contributed by atoms with Crippen molar-refractivity contribution in [1.29, 1.82) is 0 Å². The molecule has 6 nitrogen and oxygen atoms in total.